The monoisotopic (exact) mass is 295 g/mol. The Hall–Kier alpha value is -2.24. The van der Waals surface area contributed by atoms with Crippen LogP contribution in [0.4, 0.5) is 5.69 Å². The number of ether oxygens (including phenoxy) is 2. The number of carbonyl (C=O) groups excluding carboxylic acids is 1. The minimum atomic E-state index is -1.10. The Morgan fingerprint density at radius 1 is 1.19 bits per heavy atom. The van der Waals surface area contributed by atoms with Crippen LogP contribution in [0.25, 0.3) is 0 Å². The molecule has 0 atom stereocenters. The second-order valence-electron chi connectivity index (χ2n) is 4.57. The van der Waals surface area contributed by atoms with Crippen LogP contribution in [-0.2, 0) is 4.79 Å². The van der Waals surface area contributed by atoms with E-state index in [0.29, 0.717) is 24.3 Å². The van der Waals surface area contributed by atoms with Gasteiger partial charge >= 0.3 is 5.97 Å². The molecule has 0 aromatic heterocycles. The van der Waals surface area contributed by atoms with Gasteiger partial charge in [0.25, 0.3) is 0 Å². The lowest BCUT2D eigenvalue weighted by molar-refractivity contribution is -0.120. The molecule has 0 aliphatic carbocycles. The molecular weight excluding hydrogens is 274 g/mol. The van der Waals surface area contributed by atoms with E-state index in [9.17, 15) is 9.59 Å². The highest BCUT2D eigenvalue weighted by atomic mass is 16.5. The molecule has 0 saturated heterocycles. The Labute approximate surface area is 124 Å². The fourth-order valence-corrected chi connectivity index (χ4v) is 2.07. The molecule has 6 nitrogen and oxygen atoms in total. The van der Waals surface area contributed by atoms with Crippen molar-refractivity contribution >= 4 is 17.6 Å². The molecule has 0 fully saturated rings. The zero-order chi connectivity index (χ0) is 16.0. The summed E-state index contributed by atoms with van der Waals surface area (Å²) < 4.78 is 10.3. The lowest BCUT2D eigenvalue weighted by Crippen LogP contribution is -2.22. The van der Waals surface area contributed by atoms with E-state index in [1.807, 2.05) is 13.8 Å². The molecule has 0 aliphatic heterocycles. The van der Waals surface area contributed by atoms with Gasteiger partial charge in [0, 0.05) is 5.92 Å². The van der Waals surface area contributed by atoms with E-state index in [1.54, 1.807) is 0 Å². The lowest BCUT2D eigenvalue weighted by Gasteiger charge is -2.17. The Morgan fingerprint density at radius 3 is 2.24 bits per heavy atom. The minimum absolute atomic E-state index is 0.0208. The van der Waals surface area contributed by atoms with E-state index >= 15 is 0 Å². The average Bonchev–Trinajstić information content (AvgIpc) is 2.47. The molecule has 2 N–H and O–H groups in total. The van der Waals surface area contributed by atoms with Gasteiger partial charge in [0.15, 0.2) is 11.5 Å². The highest BCUT2D eigenvalue weighted by Gasteiger charge is 2.20. The number of benzene rings is 1. The number of hydrogen-bond acceptors (Lipinski definition) is 4. The number of anilines is 1. The molecule has 0 aliphatic rings. The van der Waals surface area contributed by atoms with Crippen LogP contribution in [0.1, 0.15) is 37.0 Å². The summed E-state index contributed by atoms with van der Waals surface area (Å²) in [4.78, 5) is 23.3. The van der Waals surface area contributed by atoms with Gasteiger partial charge < -0.3 is 19.9 Å². The summed E-state index contributed by atoms with van der Waals surface area (Å²) >= 11 is 0. The van der Waals surface area contributed by atoms with Gasteiger partial charge in [-0.1, -0.05) is 13.8 Å². The van der Waals surface area contributed by atoms with Crippen molar-refractivity contribution < 1.29 is 24.2 Å². The van der Waals surface area contributed by atoms with E-state index in [0.717, 1.165) is 0 Å². The molecular formula is C15H21NO5. The van der Waals surface area contributed by atoms with E-state index in [2.05, 4.69) is 5.32 Å². The van der Waals surface area contributed by atoms with Gasteiger partial charge in [-0.2, -0.15) is 0 Å². The molecule has 0 bridgehead atoms. The van der Waals surface area contributed by atoms with Gasteiger partial charge in [0.05, 0.1) is 25.5 Å². The SMILES string of the molecule is CCC(CC)C(=O)Nc1cc(C(=O)O)cc(OC)c1OC. The number of hydrogen-bond donors (Lipinski definition) is 2. The number of methoxy groups -OCH3 is 2. The first-order valence-corrected chi connectivity index (χ1v) is 6.78. The molecule has 1 aromatic rings. The highest BCUT2D eigenvalue weighted by molar-refractivity contribution is 5.97. The van der Waals surface area contributed by atoms with Crippen molar-refractivity contribution in [2.24, 2.45) is 5.92 Å². The molecule has 0 heterocycles. The van der Waals surface area contributed by atoms with Gasteiger partial charge in [-0.3, -0.25) is 4.79 Å². The van der Waals surface area contributed by atoms with Crippen molar-refractivity contribution in [2.75, 3.05) is 19.5 Å². The maximum atomic E-state index is 12.2. The van der Waals surface area contributed by atoms with E-state index in [-0.39, 0.29) is 23.1 Å². The number of amides is 1. The number of nitrogens with one attached hydrogen (secondary N) is 1. The van der Waals surface area contributed by atoms with Crippen LogP contribution in [0.3, 0.4) is 0 Å². The third-order valence-electron chi connectivity index (χ3n) is 3.34. The largest absolute Gasteiger partial charge is 0.493 e. The third-order valence-corrected chi connectivity index (χ3v) is 3.34. The normalized spacial score (nSPS) is 10.3. The van der Waals surface area contributed by atoms with E-state index in [1.165, 1.54) is 26.4 Å². The zero-order valence-corrected chi connectivity index (χ0v) is 12.7. The van der Waals surface area contributed by atoms with Crippen LogP contribution in [-0.4, -0.2) is 31.2 Å². The van der Waals surface area contributed by atoms with Gasteiger partial charge in [0.2, 0.25) is 5.91 Å². The first kappa shape index (κ1) is 16.8. The Balaban J connectivity index is 3.23. The number of aromatic carboxylic acids is 1. The van der Waals surface area contributed by atoms with Crippen molar-refractivity contribution in [3.05, 3.63) is 17.7 Å². The van der Waals surface area contributed by atoms with Crippen LogP contribution in [0, 0.1) is 5.92 Å². The lowest BCUT2D eigenvalue weighted by atomic mass is 10.0. The molecule has 21 heavy (non-hydrogen) atoms. The second-order valence-corrected chi connectivity index (χ2v) is 4.57. The maximum Gasteiger partial charge on any atom is 0.335 e. The van der Waals surface area contributed by atoms with Gasteiger partial charge in [-0.15, -0.1) is 0 Å². The molecule has 1 aromatic carbocycles. The summed E-state index contributed by atoms with van der Waals surface area (Å²) in [6.45, 7) is 3.86. The van der Waals surface area contributed by atoms with Crippen LogP contribution in [0.2, 0.25) is 0 Å². The molecule has 1 amide bonds. The summed E-state index contributed by atoms with van der Waals surface area (Å²) in [6, 6.07) is 2.72. The van der Waals surface area contributed by atoms with Crippen molar-refractivity contribution in [3.63, 3.8) is 0 Å². The number of rotatable bonds is 7. The number of carboxylic acid groups (broad SMARTS) is 1. The number of carboxylic acids is 1. The third kappa shape index (κ3) is 3.87. The fourth-order valence-electron chi connectivity index (χ4n) is 2.07. The van der Waals surface area contributed by atoms with Gasteiger partial charge in [-0.25, -0.2) is 4.79 Å². The van der Waals surface area contributed by atoms with E-state index < -0.39 is 5.97 Å². The fraction of sp³-hybridized carbons (Fsp3) is 0.467. The molecule has 0 radical (unpaired) electrons. The van der Waals surface area contributed by atoms with Crippen LogP contribution >= 0.6 is 0 Å². The van der Waals surface area contributed by atoms with Crippen molar-refractivity contribution in [1.82, 2.24) is 0 Å². The predicted molar refractivity (Wildman–Crippen MR) is 79.2 cm³/mol. The minimum Gasteiger partial charge on any atom is -0.493 e. The topological polar surface area (TPSA) is 84.9 Å². The summed E-state index contributed by atoms with van der Waals surface area (Å²) in [5.74, 6) is -0.829. The second kappa shape index (κ2) is 7.52. The first-order chi connectivity index (χ1) is 9.98. The van der Waals surface area contributed by atoms with Crippen molar-refractivity contribution in [2.45, 2.75) is 26.7 Å². The Bertz CT molecular complexity index is 523. The summed E-state index contributed by atoms with van der Waals surface area (Å²) in [7, 11) is 2.85. The molecule has 1 rings (SSSR count). The molecule has 0 unspecified atom stereocenters. The molecule has 116 valence electrons. The summed E-state index contributed by atoms with van der Waals surface area (Å²) in [5.41, 5.74) is 0.318. The quantitative estimate of drug-likeness (QED) is 0.808. The standard InChI is InChI=1S/C15H21NO5/c1-5-9(6-2)14(17)16-11-7-10(15(18)19)8-12(20-3)13(11)21-4/h7-9H,5-6H2,1-4H3,(H,16,17)(H,18,19). The maximum absolute atomic E-state index is 12.2. The Kier molecular flexibility index (Phi) is 6.02. The first-order valence-electron chi connectivity index (χ1n) is 6.78. The molecule has 0 saturated carbocycles. The van der Waals surface area contributed by atoms with Crippen molar-refractivity contribution in [3.8, 4) is 11.5 Å². The average molecular weight is 295 g/mol. The summed E-state index contributed by atoms with van der Waals surface area (Å²) in [6.07, 6.45) is 1.42. The predicted octanol–water partition coefficient (Wildman–Crippen LogP) is 2.78. The molecule has 0 spiro atoms. The van der Waals surface area contributed by atoms with Crippen LogP contribution in [0.15, 0.2) is 12.1 Å². The van der Waals surface area contributed by atoms with Gasteiger partial charge in [-0.05, 0) is 25.0 Å². The van der Waals surface area contributed by atoms with Gasteiger partial charge in [0.1, 0.15) is 0 Å². The summed E-state index contributed by atoms with van der Waals surface area (Å²) in [5, 5.41) is 11.8. The highest BCUT2D eigenvalue weighted by Crippen LogP contribution is 2.37. The molecule has 6 heteroatoms. The van der Waals surface area contributed by atoms with Crippen molar-refractivity contribution in [1.29, 1.82) is 0 Å². The number of carbonyl (C=O) groups is 2. The van der Waals surface area contributed by atoms with Crippen LogP contribution in [0.5, 0.6) is 11.5 Å². The zero-order valence-electron chi connectivity index (χ0n) is 12.7. The van der Waals surface area contributed by atoms with Crippen LogP contribution < -0.4 is 14.8 Å². The smallest absolute Gasteiger partial charge is 0.335 e. The Morgan fingerprint density at radius 2 is 1.81 bits per heavy atom. The van der Waals surface area contributed by atoms with E-state index in [4.69, 9.17) is 14.6 Å².